The fraction of sp³-hybridized carbons (Fsp3) is 0. The van der Waals surface area contributed by atoms with Crippen LogP contribution in [0.15, 0.2) is 0 Å². The molecular weight excluding hydrogens is 353 g/mol. The van der Waals surface area contributed by atoms with E-state index in [1.807, 2.05) is 0 Å². The van der Waals surface area contributed by atoms with Gasteiger partial charge in [-0.25, -0.2) is 0 Å². The SMILES string of the molecule is O.O.O.O=P([O-])([O-])OP(=O)([O-])[O-].[Zn+2].[Zn+2]. The van der Waals surface area contributed by atoms with E-state index >= 15 is 0 Å². The van der Waals surface area contributed by atoms with Crippen LogP contribution in [-0.2, 0) is 52.4 Å². The van der Waals surface area contributed by atoms with Crippen LogP contribution in [-0.4, -0.2) is 16.4 Å². The first-order chi connectivity index (χ1) is 3.71. The van der Waals surface area contributed by atoms with E-state index in [0.717, 1.165) is 0 Å². The molecule has 0 aromatic carbocycles. The van der Waals surface area contributed by atoms with Crippen LogP contribution in [0, 0.1) is 0 Å². The molecule has 0 aliphatic heterocycles. The Morgan fingerprint density at radius 2 is 0.857 bits per heavy atom. The van der Waals surface area contributed by atoms with E-state index in [4.69, 9.17) is 0 Å². The van der Waals surface area contributed by atoms with E-state index in [0.29, 0.717) is 0 Å². The first kappa shape index (κ1) is 36.1. The number of hydrogen-bond acceptors (Lipinski definition) is 7. The Kier molecular flexibility index (Phi) is 32.2. The van der Waals surface area contributed by atoms with Crippen molar-refractivity contribution < 1.29 is 88.4 Å². The molecular formula is H6O10P2Zn2. The summed E-state index contributed by atoms with van der Waals surface area (Å²) in [5.74, 6) is 0. The van der Waals surface area contributed by atoms with Gasteiger partial charge >= 0.3 is 39.0 Å². The third-order valence-corrected chi connectivity index (χ3v) is 1.80. The summed E-state index contributed by atoms with van der Waals surface area (Å²) in [5, 5.41) is 0. The van der Waals surface area contributed by atoms with Crippen LogP contribution in [0.4, 0.5) is 0 Å². The first-order valence-electron chi connectivity index (χ1n) is 1.46. The summed E-state index contributed by atoms with van der Waals surface area (Å²) in [6, 6.07) is 0. The average molecular weight is 359 g/mol. The molecule has 0 saturated heterocycles. The second-order valence-electron chi connectivity index (χ2n) is 0.976. The molecule has 0 heterocycles. The second kappa shape index (κ2) is 12.5. The molecule has 0 atom stereocenters. The maximum absolute atomic E-state index is 9.32. The number of rotatable bonds is 2. The Bertz CT molecular complexity index is 157. The van der Waals surface area contributed by atoms with Crippen molar-refractivity contribution in [1.29, 1.82) is 0 Å². The fourth-order valence-corrected chi connectivity index (χ4v) is 1.10. The van der Waals surface area contributed by atoms with E-state index in [1.165, 1.54) is 0 Å². The molecule has 0 fully saturated rings. The Morgan fingerprint density at radius 3 is 0.857 bits per heavy atom. The predicted molar refractivity (Wildman–Crippen MR) is 27.1 cm³/mol. The standard InChI is InChI=1S/H4O7P2.3H2O.2Zn/c1-8(2,3)7-9(4,5)6;;;;;/h(H2,1,2,3)(H2,4,5,6);3*1H2;;/q;;;;2*+2/p-4. The summed E-state index contributed by atoms with van der Waals surface area (Å²) >= 11 is 0. The first-order valence-corrected chi connectivity index (χ1v) is 4.38. The molecule has 0 spiro atoms. The predicted octanol–water partition coefficient (Wildman–Crippen LogP) is -5.82. The third-order valence-electron chi connectivity index (χ3n) is 0.200. The molecule has 10 nitrogen and oxygen atoms in total. The molecule has 0 aromatic rings. The van der Waals surface area contributed by atoms with Crippen LogP contribution >= 0.6 is 15.6 Å². The zero-order valence-corrected chi connectivity index (χ0v) is 14.4. The molecule has 0 unspecified atom stereocenters. The number of phosphoric acid groups is 2. The molecule has 0 saturated carbocycles. The Labute approximate surface area is 104 Å². The van der Waals surface area contributed by atoms with Gasteiger partial charge < -0.3 is 49.4 Å². The van der Waals surface area contributed by atoms with Crippen molar-refractivity contribution in [2.75, 3.05) is 0 Å². The van der Waals surface area contributed by atoms with Gasteiger partial charge in [0, 0.05) is 0 Å². The molecule has 0 aromatic heterocycles. The summed E-state index contributed by atoms with van der Waals surface area (Å²) in [4.78, 5) is 37.3. The summed E-state index contributed by atoms with van der Waals surface area (Å²) in [6.07, 6.45) is 0. The van der Waals surface area contributed by atoms with Crippen LogP contribution < -0.4 is 19.6 Å². The van der Waals surface area contributed by atoms with E-state index in [-0.39, 0.29) is 55.4 Å². The Hall–Kier alpha value is 1.39. The van der Waals surface area contributed by atoms with Gasteiger partial charge in [-0.2, -0.15) is 0 Å². The van der Waals surface area contributed by atoms with E-state index in [9.17, 15) is 28.7 Å². The molecule has 80 valence electrons. The fourth-order valence-electron chi connectivity index (χ4n) is 0.122. The van der Waals surface area contributed by atoms with Crippen molar-refractivity contribution in [3.05, 3.63) is 0 Å². The van der Waals surface area contributed by atoms with Gasteiger partial charge in [-0.05, 0) is 0 Å². The van der Waals surface area contributed by atoms with E-state index in [1.54, 1.807) is 0 Å². The summed E-state index contributed by atoms with van der Waals surface area (Å²) in [7, 11) is -11.4. The Balaban J connectivity index is -0.0000000320. The van der Waals surface area contributed by atoms with Gasteiger partial charge in [0.15, 0.2) is 0 Å². The quantitative estimate of drug-likeness (QED) is 0.342. The van der Waals surface area contributed by atoms with Crippen LogP contribution in [0.1, 0.15) is 0 Å². The minimum Gasteiger partial charge on any atom is -0.790 e. The van der Waals surface area contributed by atoms with Crippen molar-refractivity contribution in [1.82, 2.24) is 0 Å². The van der Waals surface area contributed by atoms with Crippen LogP contribution in [0.3, 0.4) is 0 Å². The van der Waals surface area contributed by atoms with Crippen molar-refractivity contribution >= 4 is 15.6 Å². The van der Waals surface area contributed by atoms with Crippen molar-refractivity contribution in [3.63, 3.8) is 0 Å². The minimum absolute atomic E-state index is 0. The third kappa shape index (κ3) is 37.6. The van der Waals surface area contributed by atoms with E-state index in [2.05, 4.69) is 4.31 Å². The molecule has 6 N–H and O–H groups in total. The van der Waals surface area contributed by atoms with E-state index < -0.39 is 15.6 Å². The summed E-state index contributed by atoms with van der Waals surface area (Å²) < 4.78 is 21.2. The van der Waals surface area contributed by atoms with Crippen LogP contribution in [0.25, 0.3) is 0 Å². The summed E-state index contributed by atoms with van der Waals surface area (Å²) in [5.41, 5.74) is 0. The van der Waals surface area contributed by atoms with Crippen LogP contribution in [0.2, 0.25) is 0 Å². The van der Waals surface area contributed by atoms with Crippen molar-refractivity contribution in [2.24, 2.45) is 0 Å². The maximum Gasteiger partial charge on any atom is 2.00 e. The molecule has 0 rings (SSSR count). The van der Waals surface area contributed by atoms with Gasteiger partial charge in [0.05, 0.1) is 15.6 Å². The molecule has 0 aliphatic carbocycles. The molecule has 0 bridgehead atoms. The monoisotopic (exact) mass is 356 g/mol. The molecule has 14 heteroatoms. The molecule has 0 radical (unpaired) electrons. The second-order valence-corrected chi connectivity index (χ2v) is 3.42. The van der Waals surface area contributed by atoms with Gasteiger partial charge in [0.2, 0.25) is 0 Å². The van der Waals surface area contributed by atoms with Gasteiger partial charge in [-0.3, -0.25) is 0 Å². The van der Waals surface area contributed by atoms with Crippen molar-refractivity contribution in [3.8, 4) is 0 Å². The normalized spacial score (nSPS) is 8.86. The molecule has 0 aliphatic rings. The van der Waals surface area contributed by atoms with Crippen molar-refractivity contribution in [2.45, 2.75) is 0 Å². The topological polar surface area (TPSA) is 230 Å². The van der Waals surface area contributed by atoms with Gasteiger partial charge in [0.1, 0.15) is 0 Å². The largest absolute Gasteiger partial charge is 2.00 e. The van der Waals surface area contributed by atoms with Crippen LogP contribution in [0.5, 0.6) is 0 Å². The smallest absolute Gasteiger partial charge is 0.790 e. The van der Waals surface area contributed by atoms with Gasteiger partial charge in [0.25, 0.3) is 0 Å². The maximum atomic E-state index is 9.32. The van der Waals surface area contributed by atoms with Gasteiger partial charge in [-0.15, -0.1) is 0 Å². The average Bonchev–Trinajstić information content (AvgIpc) is 1.14. The zero-order valence-electron chi connectivity index (χ0n) is 6.67. The molecule has 14 heavy (non-hydrogen) atoms. The number of hydrogen-bond donors (Lipinski definition) is 0. The zero-order chi connectivity index (χ0) is 7.71. The Morgan fingerprint density at radius 1 is 0.714 bits per heavy atom. The summed E-state index contributed by atoms with van der Waals surface area (Å²) in [6.45, 7) is 0. The van der Waals surface area contributed by atoms with Gasteiger partial charge in [-0.1, -0.05) is 0 Å². The molecule has 0 amide bonds. The minimum atomic E-state index is -5.68.